The molecule has 2 aliphatic rings. The maximum absolute atomic E-state index is 2.90. The first kappa shape index (κ1) is 11.8. The number of nitrogens with zero attached hydrogens (tertiary/aromatic N) is 2. The molecule has 2 aliphatic heterocycles. The molecule has 2 rings (SSSR count). The lowest BCUT2D eigenvalue weighted by atomic mass is 10.2. The highest BCUT2D eigenvalue weighted by molar-refractivity contribution is 7.13. The summed E-state index contributed by atoms with van der Waals surface area (Å²) in [4.78, 5) is 0. The summed E-state index contributed by atoms with van der Waals surface area (Å²) in [5, 5.41) is 0. The van der Waals surface area contributed by atoms with Crippen LogP contribution in [0.1, 0.15) is 38.5 Å². The molecule has 0 aromatic rings. The molecule has 0 aliphatic carbocycles. The molecule has 88 valence electrons. The van der Waals surface area contributed by atoms with E-state index in [-0.39, 0.29) is 0 Å². The van der Waals surface area contributed by atoms with Crippen molar-refractivity contribution < 1.29 is 0 Å². The van der Waals surface area contributed by atoms with Gasteiger partial charge in [-0.25, -0.2) is 0 Å². The highest BCUT2D eigenvalue weighted by atomic mass is 29.2. The average molecular weight is 243 g/mol. The van der Waals surface area contributed by atoms with Crippen LogP contribution in [0.4, 0.5) is 0 Å². The second-order valence-corrected chi connectivity index (χ2v) is 15.5. The van der Waals surface area contributed by atoms with Gasteiger partial charge >= 0.3 is 0 Å². The number of hydrogen-bond acceptors (Lipinski definition) is 2. The van der Waals surface area contributed by atoms with Crippen LogP contribution in [-0.4, -0.2) is 53.0 Å². The zero-order chi connectivity index (χ0) is 10.7. The molecule has 0 bridgehead atoms. The SMILES string of the molecule is C[Si]([SiH3])(N1CCCCC1)N1CCCCC1. The number of hydrogen-bond donors (Lipinski definition) is 0. The fraction of sp³-hybridized carbons (Fsp3) is 1.00. The van der Waals surface area contributed by atoms with Crippen LogP contribution < -0.4 is 0 Å². The Labute approximate surface area is 98.4 Å². The van der Waals surface area contributed by atoms with Gasteiger partial charge in [0.25, 0.3) is 0 Å². The van der Waals surface area contributed by atoms with E-state index in [0.717, 1.165) is 0 Å². The van der Waals surface area contributed by atoms with Gasteiger partial charge < -0.3 is 9.13 Å². The second-order valence-electron chi connectivity index (χ2n) is 5.59. The second kappa shape index (κ2) is 5.12. The van der Waals surface area contributed by atoms with E-state index >= 15 is 0 Å². The fourth-order valence-electron chi connectivity index (χ4n) is 3.08. The molecule has 0 saturated carbocycles. The van der Waals surface area contributed by atoms with E-state index in [1.165, 1.54) is 74.5 Å². The summed E-state index contributed by atoms with van der Waals surface area (Å²) in [5.74, 6) is 0. The standard InChI is InChI=1S/C11H26N2Si2/c1-15(14,12-8-4-2-5-9-12)13-10-6-3-7-11-13/h2-11H2,1,14H3. The molecule has 0 radical (unpaired) electrons. The van der Waals surface area contributed by atoms with Crippen molar-refractivity contribution in [2.75, 3.05) is 26.2 Å². The van der Waals surface area contributed by atoms with E-state index in [1.54, 1.807) is 0 Å². The zero-order valence-electron chi connectivity index (χ0n) is 10.5. The van der Waals surface area contributed by atoms with Crippen molar-refractivity contribution in [1.82, 2.24) is 9.13 Å². The molecule has 2 fully saturated rings. The fourth-order valence-corrected chi connectivity index (χ4v) is 8.99. The van der Waals surface area contributed by atoms with E-state index in [2.05, 4.69) is 15.7 Å². The van der Waals surface area contributed by atoms with Crippen LogP contribution in [0.5, 0.6) is 0 Å². The van der Waals surface area contributed by atoms with Crippen molar-refractivity contribution in [2.45, 2.75) is 45.1 Å². The molecule has 2 saturated heterocycles. The lowest BCUT2D eigenvalue weighted by Gasteiger charge is -2.48. The van der Waals surface area contributed by atoms with Crippen LogP contribution in [0.3, 0.4) is 0 Å². The quantitative estimate of drug-likeness (QED) is 0.664. The molecule has 0 unspecified atom stereocenters. The van der Waals surface area contributed by atoms with Crippen molar-refractivity contribution in [3.05, 3.63) is 0 Å². The first-order chi connectivity index (χ1) is 7.21. The minimum Gasteiger partial charge on any atom is -0.315 e. The minimum atomic E-state index is -1.10. The van der Waals surface area contributed by atoms with Gasteiger partial charge in [-0.05, 0) is 58.4 Å². The molecule has 0 aromatic heterocycles. The Bertz CT molecular complexity index is 177. The summed E-state index contributed by atoms with van der Waals surface area (Å²) in [5.41, 5.74) is 0. The highest BCUT2D eigenvalue weighted by Gasteiger charge is 2.36. The lowest BCUT2D eigenvalue weighted by molar-refractivity contribution is 0.274. The molecule has 4 heteroatoms. The number of piperidine rings is 2. The van der Waals surface area contributed by atoms with Crippen LogP contribution in [0, 0.1) is 0 Å². The summed E-state index contributed by atoms with van der Waals surface area (Å²) < 4.78 is 5.79. The first-order valence-electron chi connectivity index (χ1n) is 6.71. The topological polar surface area (TPSA) is 6.48 Å². The maximum atomic E-state index is 2.90. The van der Waals surface area contributed by atoms with Gasteiger partial charge in [-0.15, -0.1) is 0 Å². The van der Waals surface area contributed by atoms with Crippen LogP contribution >= 0.6 is 0 Å². The summed E-state index contributed by atoms with van der Waals surface area (Å²) in [6.45, 7) is 8.24. The van der Waals surface area contributed by atoms with Gasteiger partial charge in [0.1, 0.15) is 0 Å². The van der Waals surface area contributed by atoms with E-state index in [1.807, 2.05) is 0 Å². The molecule has 0 aromatic carbocycles. The molecule has 0 N–H and O–H groups in total. The van der Waals surface area contributed by atoms with Crippen LogP contribution in [0.15, 0.2) is 0 Å². The zero-order valence-corrected chi connectivity index (χ0v) is 13.5. The predicted octanol–water partition coefficient (Wildman–Crippen LogP) is 0.892. The monoisotopic (exact) mass is 242 g/mol. The van der Waals surface area contributed by atoms with Gasteiger partial charge in [0.05, 0.1) is 0 Å². The normalized spacial score (nSPS) is 27.0. The molecule has 2 nitrogen and oxygen atoms in total. The Kier molecular flexibility index (Phi) is 4.04. The highest BCUT2D eigenvalue weighted by Crippen LogP contribution is 2.21. The Balaban J connectivity index is 1.96. The minimum absolute atomic E-state index is 1.10. The van der Waals surface area contributed by atoms with E-state index in [0.29, 0.717) is 0 Å². The van der Waals surface area contributed by atoms with Gasteiger partial charge in [-0.1, -0.05) is 12.8 Å². The van der Waals surface area contributed by atoms with Gasteiger partial charge in [-0.3, -0.25) is 0 Å². The van der Waals surface area contributed by atoms with Crippen molar-refractivity contribution in [2.24, 2.45) is 0 Å². The third-order valence-electron chi connectivity index (χ3n) is 4.26. The Hall–Kier alpha value is 0.354. The Morgan fingerprint density at radius 2 is 1.07 bits per heavy atom. The van der Waals surface area contributed by atoms with Gasteiger partial charge in [0.15, 0.2) is 7.91 Å². The van der Waals surface area contributed by atoms with Crippen molar-refractivity contribution in [3.8, 4) is 0 Å². The van der Waals surface area contributed by atoms with Crippen LogP contribution in [0.25, 0.3) is 0 Å². The molecular formula is C11H26N2Si2. The van der Waals surface area contributed by atoms with E-state index < -0.39 is 7.91 Å². The smallest absolute Gasteiger partial charge is 0.177 e. The van der Waals surface area contributed by atoms with Crippen molar-refractivity contribution >= 4 is 17.7 Å². The molecular weight excluding hydrogens is 216 g/mol. The van der Waals surface area contributed by atoms with Gasteiger partial charge in [-0.2, -0.15) is 0 Å². The first-order valence-corrected chi connectivity index (χ1v) is 12.6. The maximum Gasteiger partial charge on any atom is 0.177 e. The third kappa shape index (κ3) is 2.72. The largest absolute Gasteiger partial charge is 0.315 e. The molecule has 15 heavy (non-hydrogen) atoms. The molecule has 0 atom stereocenters. The van der Waals surface area contributed by atoms with Gasteiger partial charge in [0, 0.05) is 9.76 Å². The average Bonchev–Trinajstić information content (AvgIpc) is 2.31. The Morgan fingerprint density at radius 1 is 0.733 bits per heavy atom. The molecule has 0 spiro atoms. The predicted molar refractivity (Wildman–Crippen MR) is 72.4 cm³/mol. The molecule has 2 heterocycles. The van der Waals surface area contributed by atoms with E-state index in [9.17, 15) is 0 Å². The van der Waals surface area contributed by atoms with Crippen LogP contribution in [-0.2, 0) is 0 Å². The Morgan fingerprint density at radius 3 is 1.40 bits per heavy atom. The van der Waals surface area contributed by atoms with Crippen molar-refractivity contribution in [3.63, 3.8) is 0 Å². The van der Waals surface area contributed by atoms with Gasteiger partial charge in [0.2, 0.25) is 0 Å². The van der Waals surface area contributed by atoms with E-state index in [4.69, 9.17) is 0 Å². The summed E-state index contributed by atoms with van der Waals surface area (Å²) >= 11 is 0. The molecule has 0 amide bonds. The summed E-state index contributed by atoms with van der Waals surface area (Å²) in [6, 6.07) is 0. The van der Waals surface area contributed by atoms with Crippen molar-refractivity contribution in [1.29, 1.82) is 0 Å². The third-order valence-corrected chi connectivity index (χ3v) is 12.0. The number of rotatable bonds is 2. The van der Waals surface area contributed by atoms with Crippen LogP contribution in [0.2, 0.25) is 6.55 Å². The summed E-state index contributed by atoms with van der Waals surface area (Å²) in [7, 11) is 0.325. The lowest BCUT2D eigenvalue weighted by Crippen LogP contribution is -2.66. The summed E-state index contributed by atoms with van der Waals surface area (Å²) in [6.07, 6.45) is 8.78.